The maximum Gasteiger partial charge on any atom is 0.200 e. The summed E-state index contributed by atoms with van der Waals surface area (Å²) in [5, 5.41) is 4.58. The molecule has 0 saturated carbocycles. The Labute approximate surface area is 213 Å². The minimum atomic E-state index is -0.0975. The Morgan fingerprint density at radius 3 is 1.89 bits per heavy atom. The Bertz CT molecular complexity index is 2300. The van der Waals surface area contributed by atoms with E-state index in [1.165, 1.54) is 22.1 Å². The number of benzene rings is 5. The smallest absolute Gasteiger partial charge is 0.200 e. The Balaban J connectivity index is 1.44. The van der Waals surface area contributed by atoms with Crippen LogP contribution in [0.25, 0.3) is 69.6 Å². The van der Waals surface area contributed by atoms with Gasteiger partial charge in [0, 0.05) is 42.7 Å². The SMILES string of the molecule is O=c1c2ccc(-n3c4ccccc4c4ccccc43)cc2oc2cc3c(=O)c4ccccc4sc3cc12. The largest absolute Gasteiger partial charge is 0.456 e. The van der Waals surface area contributed by atoms with Crippen LogP contribution in [0, 0.1) is 0 Å². The molecule has 0 amide bonds. The van der Waals surface area contributed by atoms with Crippen molar-refractivity contribution in [2.24, 2.45) is 0 Å². The molecule has 0 saturated heterocycles. The highest BCUT2D eigenvalue weighted by molar-refractivity contribution is 7.24. The fourth-order valence-electron chi connectivity index (χ4n) is 5.48. The molecule has 4 nitrogen and oxygen atoms in total. The maximum absolute atomic E-state index is 13.6. The second-order valence-corrected chi connectivity index (χ2v) is 10.3. The third-order valence-electron chi connectivity index (χ3n) is 7.19. The van der Waals surface area contributed by atoms with Crippen molar-refractivity contribution in [1.29, 1.82) is 0 Å². The van der Waals surface area contributed by atoms with Gasteiger partial charge in [0.2, 0.25) is 5.43 Å². The summed E-state index contributed by atoms with van der Waals surface area (Å²) in [6.45, 7) is 0. The molecule has 0 unspecified atom stereocenters. The Morgan fingerprint density at radius 1 is 0.514 bits per heavy atom. The molecule has 0 aliphatic carbocycles. The van der Waals surface area contributed by atoms with Crippen molar-refractivity contribution in [2.75, 3.05) is 0 Å². The van der Waals surface area contributed by atoms with Gasteiger partial charge in [0.05, 0.1) is 21.8 Å². The molecule has 0 radical (unpaired) electrons. The second-order valence-electron chi connectivity index (χ2n) is 9.25. The van der Waals surface area contributed by atoms with Gasteiger partial charge in [-0.05, 0) is 48.5 Å². The van der Waals surface area contributed by atoms with Crippen molar-refractivity contribution in [2.45, 2.75) is 0 Å². The minimum Gasteiger partial charge on any atom is -0.456 e. The molecular weight excluding hydrogens is 478 g/mol. The molecule has 3 aromatic heterocycles. The van der Waals surface area contributed by atoms with Gasteiger partial charge in [0.15, 0.2) is 5.43 Å². The highest BCUT2D eigenvalue weighted by atomic mass is 32.1. The van der Waals surface area contributed by atoms with Crippen LogP contribution in [-0.4, -0.2) is 4.57 Å². The molecule has 0 aliphatic rings. The summed E-state index contributed by atoms with van der Waals surface area (Å²) < 4.78 is 10.2. The van der Waals surface area contributed by atoms with Crippen LogP contribution in [-0.2, 0) is 0 Å². The van der Waals surface area contributed by atoms with Crippen LogP contribution in [0.1, 0.15) is 0 Å². The molecule has 3 heterocycles. The molecule has 174 valence electrons. The number of rotatable bonds is 1. The topological polar surface area (TPSA) is 52.2 Å². The molecule has 0 fully saturated rings. The number of fused-ring (bicyclic) bond motifs is 7. The van der Waals surface area contributed by atoms with Gasteiger partial charge in [-0.3, -0.25) is 9.59 Å². The zero-order chi connectivity index (χ0) is 24.7. The highest BCUT2D eigenvalue weighted by Gasteiger charge is 2.15. The van der Waals surface area contributed by atoms with E-state index >= 15 is 0 Å². The third-order valence-corrected chi connectivity index (χ3v) is 8.32. The fraction of sp³-hybridized carbons (Fsp3) is 0. The first-order valence-corrected chi connectivity index (χ1v) is 12.8. The van der Waals surface area contributed by atoms with E-state index in [0.717, 1.165) is 26.1 Å². The molecule has 5 heteroatoms. The van der Waals surface area contributed by atoms with Crippen molar-refractivity contribution in [3.05, 3.63) is 124 Å². The minimum absolute atomic E-state index is 0.0481. The molecule has 0 N–H and O–H groups in total. The van der Waals surface area contributed by atoms with Crippen LogP contribution >= 0.6 is 11.3 Å². The van der Waals surface area contributed by atoms with Crippen LogP contribution in [0.3, 0.4) is 0 Å². The first-order chi connectivity index (χ1) is 18.2. The second kappa shape index (κ2) is 7.38. The van der Waals surface area contributed by atoms with E-state index in [4.69, 9.17) is 4.42 Å². The lowest BCUT2D eigenvalue weighted by atomic mass is 10.1. The van der Waals surface area contributed by atoms with E-state index in [-0.39, 0.29) is 10.9 Å². The van der Waals surface area contributed by atoms with E-state index in [9.17, 15) is 9.59 Å². The molecule has 0 bridgehead atoms. The van der Waals surface area contributed by atoms with Crippen LogP contribution in [0.2, 0.25) is 0 Å². The molecule has 37 heavy (non-hydrogen) atoms. The third kappa shape index (κ3) is 2.83. The van der Waals surface area contributed by atoms with Gasteiger partial charge >= 0.3 is 0 Å². The molecule has 8 aromatic rings. The van der Waals surface area contributed by atoms with Crippen molar-refractivity contribution in [3.8, 4) is 5.69 Å². The Morgan fingerprint density at radius 2 is 1.14 bits per heavy atom. The number of para-hydroxylation sites is 2. The summed E-state index contributed by atoms with van der Waals surface area (Å²) >= 11 is 1.51. The van der Waals surface area contributed by atoms with E-state index in [1.807, 2.05) is 66.7 Å². The maximum atomic E-state index is 13.6. The highest BCUT2D eigenvalue weighted by Crippen LogP contribution is 2.33. The van der Waals surface area contributed by atoms with Gasteiger partial charge in [-0.2, -0.15) is 0 Å². The molecular formula is C32H17NO3S. The number of hydrogen-bond donors (Lipinski definition) is 0. The average molecular weight is 496 g/mol. The lowest BCUT2D eigenvalue weighted by Gasteiger charge is -2.10. The van der Waals surface area contributed by atoms with Gasteiger partial charge in [-0.25, -0.2) is 0 Å². The lowest BCUT2D eigenvalue weighted by molar-refractivity contribution is 0.660. The molecule has 0 aliphatic heterocycles. The quantitative estimate of drug-likeness (QED) is 0.219. The zero-order valence-corrected chi connectivity index (χ0v) is 20.2. The predicted octanol–water partition coefficient (Wildman–Crippen LogP) is 7.77. The zero-order valence-electron chi connectivity index (χ0n) is 19.4. The molecule has 5 aromatic carbocycles. The van der Waals surface area contributed by atoms with Gasteiger partial charge in [-0.15, -0.1) is 11.3 Å². The number of nitrogens with zero attached hydrogens (tertiary/aromatic N) is 1. The molecule has 0 spiro atoms. The van der Waals surface area contributed by atoms with Crippen LogP contribution in [0.4, 0.5) is 0 Å². The molecule has 8 rings (SSSR count). The van der Waals surface area contributed by atoms with Crippen molar-refractivity contribution in [3.63, 3.8) is 0 Å². The fourth-order valence-corrected chi connectivity index (χ4v) is 6.57. The van der Waals surface area contributed by atoms with E-state index in [0.29, 0.717) is 32.7 Å². The van der Waals surface area contributed by atoms with E-state index in [1.54, 1.807) is 12.1 Å². The van der Waals surface area contributed by atoms with Gasteiger partial charge in [-0.1, -0.05) is 48.5 Å². The normalized spacial score (nSPS) is 12.0. The van der Waals surface area contributed by atoms with Crippen molar-refractivity contribution < 1.29 is 4.42 Å². The summed E-state index contributed by atoms with van der Waals surface area (Å²) in [5.74, 6) is 0. The summed E-state index contributed by atoms with van der Waals surface area (Å²) in [5.41, 5.74) is 3.85. The number of aromatic nitrogens is 1. The lowest BCUT2D eigenvalue weighted by Crippen LogP contribution is -2.05. The van der Waals surface area contributed by atoms with Gasteiger partial charge in [0.25, 0.3) is 0 Å². The summed E-state index contributed by atoms with van der Waals surface area (Å²) in [6, 6.07) is 33.4. The van der Waals surface area contributed by atoms with Gasteiger partial charge in [0.1, 0.15) is 11.2 Å². The summed E-state index contributed by atoms with van der Waals surface area (Å²) in [6.07, 6.45) is 0. The predicted molar refractivity (Wildman–Crippen MR) is 153 cm³/mol. The first-order valence-electron chi connectivity index (χ1n) is 12.0. The first kappa shape index (κ1) is 20.5. The van der Waals surface area contributed by atoms with Crippen LogP contribution < -0.4 is 10.9 Å². The van der Waals surface area contributed by atoms with Crippen molar-refractivity contribution >= 4 is 75.3 Å². The van der Waals surface area contributed by atoms with Crippen molar-refractivity contribution in [1.82, 2.24) is 4.57 Å². The molecule has 0 atom stereocenters. The summed E-state index contributed by atoms with van der Waals surface area (Å²) in [7, 11) is 0. The Hall–Kier alpha value is -4.74. The number of hydrogen-bond acceptors (Lipinski definition) is 4. The van der Waals surface area contributed by atoms with Crippen LogP contribution in [0.15, 0.2) is 117 Å². The summed E-state index contributed by atoms with van der Waals surface area (Å²) in [4.78, 5) is 26.8. The standard InChI is InChI=1S/C32H17NO3S/c34-31-21-14-13-18(33-25-10-4-1-7-19(25)20-8-2-5-11-26(20)33)15-27(21)36-28-16-24-30(17-23(28)31)37-29-12-6-3-9-22(29)32(24)35/h1-17H. The monoisotopic (exact) mass is 495 g/mol. The Kier molecular flexibility index (Phi) is 4.08. The van der Waals surface area contributed by atoms with Gasteiger partial charge < -0.3 is 8.98 Å². The average Bonchev–Trinajstić information content (AvgIpc) is 3.27. The van der Waals surface area contributed by atoms with E-state index in [2.05, 4.69) is 28.8 Å². The van der Waals surface area contributed by atoms with Crippen LogP contribution in [0.5, 0.6) is 0 Å². The van der Waals surface area contributed by atoms with E-state index < -0.39 is 0 Å².